The predicted molar refractivity (Wildman–Crippen MR) is 214 cm³/mol. The number of hydrogen-bond donors (Lipinski definition) is 3. The highest BCUT2D eigenvalue weighted by molar-refractivity contribution is 5.61. The van der Waals surface area contributed by atoms with Crippen molar-refractivity contribution < 1.29 is 4.79 Å². The fourth-order valence-electron chi connectivity index (χ4n) is 7.68. The van der Waals surface area contributed by atoms with E-state index < -0.39 is 11.1 Å². The molecule has 6 nitrogen and oxygen atoms in total. The number of aromatic nitrogens is 2. The van der Waals surface area contributed by atoms with Gasteiger partial charge in [0.05, 0.1) is 17.8 Å². The maximum atomic E-state index is 12.2. The summed E-state index contributed by atoms with van der Waals surface area (Å²) in [5.41, 5.74) is 6.37. The summed E-state index contributed by atoms with van der Waals surface area (Å²) in [5.74, 6) is 0.834. The lowest BCUT2D eigenvalue weighted by Crippen LogP contribution is -2.45. The summed E-state index contributed by atoms with van der Waals surface area (Å²) >= 11 is 0. The molecule has 0 saturated heterocycles. The third-order valence-electron chi connectivity index (χ3n) is 10.2. The number of benzene rings is 6. The molecule has 3 N–H and O–H groups in total. The van der Waals surface area contributed by atoms with Crippen LogP contribution in [-0.2, 0) is 22.9 Å². The zero-order valence-electron chi connectivity index (χ0n) is 30.0. The first-order valence-corrected chi connectivity index (χ1v) is 18.2. The quantitative estimate of drug-likeness (QED) is 0.0537. The first kappa shape index (κ1) is 35.2. The van der Waals surface area contributed by atoms with Crippen LogP contribution in [0.25, 0.3) is 0 Å². The summed E-state index contributed by atoms with van der Waals surface area (Å²) in [4.78, 5) is 12.2. The lowest BCUT2D eigenvalue weighted by molar-refractivity contribution is -0.110. The minimum Gasteiger partial charge on any atom is -0.353 e. The third kappa shape index (κ3) is 7.14. The van der Waals surface area contributed by atoms with Crippen molar-refractivity contribution in [1.82, 2.24) is 20.4 Å². The zero-order chi connectivity index (χ0) is 36.4. The van der Waals surface area contributed by atoms with Crippen molar-refractivity contribution in [3.05, 3.63) is 227 Å². The molecule has 0 spiro atoms. The van der Waals surface area contributed by atoms with Gasteiger partial charge in [-0.15, -0.1) is 0 Å². The lowest BCUT2D eigenvalue weighted by atomic mass is 9.76. The molecule has 1 heterocycles. The minimum absolute atomic E-state index is 0.287. The van der Waals surface area contributed by atoms with Gasteiger partial charge >= 0.3 is 0 Å². The molecule has 264 valence electrons. The molecule has 7 aromatic rings. The fourth-order valence-corrected chi connectivity index (χ4v) is 7.68. The monoisotopic (exact) mass is 695 g/mol. The van der Waals surface area contributed by atoms with Gasteiger partial charge in [-0.1, -0.05) is 182 Å². The van der Waals surface area contributed by atoms with Crippen molar-refractivity contribution in [1.29, 1.82) is 0 Å². The van der Waals surface area contributed by atoms with Crippen LogP contribution >= 0.6 is 0 Å². The molecule has 1 atom stereocenters. The number of nitrogens with zero attached hydrogens (tertiary/aromatic N) is 2. The van der Waals surface area contributed by atoms with Gasteiger partial charge in [0, 0.05) is 12.6 Å². The van der Waals surface area contributed by atoms with Gasteiger partial charge in [-0.3, -0.25) is 14.8 Å². The summed E-state index contributed by atoms with van der Waals surface area (Å²) in [5, 5.41) is 15.9. The van der Waals surface area contributed by atoms with Gasteiger partial charge in [0.1, 0.15) is 11.4 Å². The van der Waals surface area contributed by atoms with Crippen molar-refractivity contribution in [2.75, 3.05) is 11.9 Å². The van der Waals surface area contributed by atoms with E-state index in [0.29, 0.717) is 13.0 Å². The van der Waals surface area contributed by atoms with E-state index in [4.69, 9.17) is 5.10 Å². The van der Waals surface area contributed by atoms with Crippen LogP contribution < -0.4 is 16.0 Å². The van der Waals surface area contributed by atoms with Gasteiger partial charge in [0.15, 0.2) is 0 Å². The first-order valence-electron chi connectivity index (χ1n) is 18.2. The van der Waals surface area contributed by atoms with Gasteiger partial charge in [-0.05, 0) is 52.8 Å². The van der Waals surface area contributed by atoms with Crippen molar-refractivity contribution in [3.8, 4) is 0 Å². The molecule has 1 aromatic heterocycles. The van der Waals surface area contributed by atoms with E-state index in [0.717, 1.165) is 57.6 Å². The van der Waals surface area contributed by atoms with E-state index in [1.54, 1.807) is 0 Å². The van der Waals surface area contributed by atoms with Crippen LogP contribution in [0.4, 0.5) is 5.82 Å². The summed E-state index contributed by atoms with van der Waals surface area (Å²) < 4.78 is 1.88. The molecule has 1 amide bonds. The van der Waals surface area contributed by atoms with Crippen LogP contribution in [-0.4, -0.2) is 22.7 Å². The second kappa shape index (κ2) is 16.4. The van der Waals surface area contributed by atoms with Crippen molar-refractivity contribution in [2.45, 2.75) is 30.0 Å². The molecule has 0 bridgehead atoms. The Labute approximate surface area is 312 Å². The molecular weight excluding hydrogens is 651 g/mol. The van der Waals surface area contributed by atoms with Crippen LogP contribution in [0.3, 0.4) is 0 Å². The number of hydrogen-bond acceptors (Lipinski definition) is 4. The number of anilines is 1. The Morgan fingerprint density at radius 2 is 0.925 bits per heavy atom. The van der Waals surface area contributed by atoms with E-state index in [9.17, 15) is 4.79 Å². The van der Waals surface area contributed by atoms with Crippen LogP contribution in [0.2, 0.25) is 0 Å². The molecule has 1 unspecified atom stereocenters. The molecule has 0 aliphatic heterocycles. The molecule has 0 aliphatic carbocycles. The van der Waals surface area contributed by atoms with Crippen molar-refractivity contribution >= 4 is 12.2 Å². The fraction of sp³-hybridized carbons (Fsp3) is 0.149. The van der Waals surface area contributed by atoms with E-state index in [1.165, 1.54) is 0 Å². The number of nitrogens with one attached hydrogen (secondary N) is 3. The molecule has 0 fully saturated rings. The highest BCUT2D eigenvalue weighted by Crippen LogP contribution is 2.42. The van der Waals surface area contributed by atoms with Crippen molar-refractivity contribution in [2.24, 2.45) is 7.05 Å². The maximum Gasteiger partial charge on any atom is 0.207 e. The van der Waals surface area contributed by atoms with Gasteiger partial charge in [-0.2, -0.15) is 5.10 Å². The molecule has 6 heteroatoms. The van der Waals surface area contributed by atoms with E-state index in [2.05, 4.69) is 180 Å². The van der Waals surface area contributed by atoms with Gasteiger partial charge in [-0.25, -0.2) is 0 Å². The van der Waals surface area contributed by atoms with Crippen LogP contribution in [0.1, 0.15) is 57.8 Å². The molecule has 53 heavy (non-hydrogen) atoms. The summed E-state index contributed by atoms with van der Waals surface area (Å²) in [7, 11) is 1.95. The third-order valence-corrected chi connectivity index (χ3v) is 10.2. The number of carbonyl (C=O) groups is 1. The number of amides is 1. The average Bonchev–Trinajstić information content (AvgIpc) is 3.60. The number of aryl methyl sites for hydroxylation is 1. The van der Waals surface area contributed by atoms with Gasteiger partial charge < -0.3 is 10.6 Å². The number of rotatable bonds is 16. The zero-order valence-corrected chi connectivity index (χ0v) is 30.0. The highest BCUT2D eigenvalue weighted by atomic mass is 16.1. The Morgan fingerprint density at radius 1 is 0.566 bits per heavy atom. The standard InChI is InChI=1S/C47H45N5O/c1-52-45(51-47(40-27-14-5-15-28-40,41-29-16-6-17-30-41)42-31-18-7-19-32-42)43(35-50-52)44(48-36-53)33-20-34-49-46(37-21-8-2-9-22-37,38-23-10-3-11-24-38)39-25-12-4-13-26-39/h2-19,21-32,35-36,44,49,51H,20,33-34H2,1H3,(H,48,53). The normalized spacial score (nSPS) is 12.2. The Hall–Kier alpha value is -6.24. The van der Waals surface area contributed by atoms with E-state index in [-0.39, 0.29) is 6.04 Å². The molecule has 6 aromatic carbocycles. The largest absolute Gasteiger partial charge is 0.353 e. The lowest BCUT2D eigenvalue weighted by Gasteiger charge is -2.38. The average molecular weight is 696 g/mol. The summed E-state index contributed by atoms with van der Waals surface area (Å²) in [6, 6.07) is 63.1. The highest BCUT2D eigenvalue weighted by Gasteiger charge is 2.39. The van der Waals surface area contributed by atoms with Crippen LogP contribution in [0.15, 0.2) is 188 Å². The maximum absolute atomic E-state index is 12.2. The Bertz CT molecular complexity index is 1960. The first-order chi connectivity index (χ1) is 26.2. The molecule has 0 aliphatic rings. The second-order valence-corrected chi connectivity index (χ2v) is 13.3. The van der Waals surface area contributed by atoms with E-state index in [1.807, 2.05) is 36.1 Å². The van der Waals surface area contributed by atoms with Gasteiger partial charge in [0.25, 0.3) is 0 Å². The molecule has 0 saturated carbocycles. The number of carbonyl (C=O) groups excluding carboxylic acids is 1. The Kier molecular flexibility index (Phi) is 10.9. The Morgan fingerprint density at radius 3 is 1.28 bits per heavy atom. The second-order valence-electron chi connectivity index (χ2n) is 13.3. The minimum atomic E-state index is -0.750. The van der Waals surface area contributed by atoms with Crippen LogP contribution in [0, 0.1) is 0 Å². The van der Waals surface area contributed by atoms with Crippen LogP contribution in [0.5, 0.6) is 0 Å². The molecule has 0 radical (unpaired) electrons. The van der Waals surface area contributed by atoms with E-state index >= 15 is 0 Å². The summed E-state index contributed by atoms with van der Waals surface area (Å²) in [6.07, 6.45) is 4.16. The Balaban J connectivity index is 1.23. The smallest absolute Gasteiger partial charge is 0.207 e. The molecule has 7 rings (SSSR count). The topological polar surface area (TPSA) is 71.0 Å². The van der Waals surface area contributed by atoms with Crippen molar-refractivity contribution in [3.63, 3.8) is 0 Å². The van der Waals surface area contributed by atoms with Gasteiger partial charge in [0.2, 0.25) is 6.41 Å². The SMILES string of the molecule is Cn1ncc(C(CCCNC(c2ccccc2)(c2ccccc2)c2ccccc2)NC=O)c1NC(c1ccccc1)(c1ccccc1)c1ccccc1. The molecular formula is C47H45N5O. The summed E-state index contributed by atoms with van der Waals surface area (Å²) in [6.45, 7) is 0.695. The predicted octanol–water partition coefficient (Wildman–Crippen LogP) is 8.97.